The summed E-state index contributed by atoms with van der Waals surface area (Å²) in [5.41, 5.74) is 0.937. The fourth-order valence-corrected chi connectivity index (χ4v) is 4.35. The topological polar surface area (TPSA) is 41.8 Å². The first-order chi connectivity index (χ1) is 9.32. The highest BCUT2D eigenvalue weighted by atomic mass is 79.9. The minimum atomic E-state index is -3.39. The second-order valence-corrected chi connectivity index (χ2v) is 8.47. The van der Waals surface area contributed by atoms with E-state index in [-0.39, 0.29) is 6.04 Å². The molecule has 1 aromatic rings. The van der Waals surface area contributed by atoms with E-state index < -0.39 is 10.0 Å². The number of piperidine rings is 1. The fourth-order valence-electron chi connectivity index (χ4n) is 2.60. The predicted molar refractivity (Wildman–Crippen MR) is 83.5 cm³/mol. The van der Waals surface area contributed by atoms with E-state index >= 15 is 0 Å². The molecule has 112 valence electrons. The van der Waals surface area contributed by atoms with E-state index in [1.165, 1.54) is 4.90 Å². The van der Waals surface area contributed by atoms with Gasteiger partial charge in [-0.25, -0.2) is 8.42 Å². The van der Waals surface area contributed by atoms with Gasteiger partial charge in [0.25, 0.3) is 0 Å². The molecule has 2 rings (SSSR count). The number of sulfonamides is 1. The van der Waals surface area contributed by atoms with Crippen LogP contribution in [0.4, 0.5) is 0 Å². The molecule has 1 saturated heterocycles. The molecule has 0 radical (unpaired) electrons. The number of benzene rings is 1. The van der Waals surface area contributed by atoms with Crippen LogP contribution in [0.1, 0.15) is 18.4 Å². The van der Waals surface area contributed by atoms with E-state index in [1.54, 1.807) is 29.6 Å². The largest absolute Gasteiger partial charge is 0.337 e. The summed E-state index contributed by atoms with van der Waals surface area (Å²) < 4.78 is 27.9. The van der Waals surface area contributed by atoms with Crippen LogP contribution in [0, 0.1) is 6.92 Å². The van der Waals surface area contributed by atoms with E-state index in [4.69, 9.17) is 0 Å². The van der Waals surface area contributed by atoms with Crippen molar-refractivity contribution in [3.05, 3.63) is 28.2 Å². The van der Waals surface area contributed by atoms with Crippen LogP contribution in [-0.2, 0) is 10.0 Å². The SMILES string of the molecule is Cc1cc(S(=O)(=O)N(C)C2CC[NH+](C)CC2)ccc1Br. The van der Waals surface area contributed by atoms with Gasteiger partial charge in [-0.3, -0.25) is 0 Å². The lowest BCUT2D eigenvalue weighted by molar-refractivity contribution is -0.885. The number of nitrogens with zero attached hydrogens (tertiary/aromatic N) is 1. The van der Waals surface area contributed by atoms with Crippen molar-refractivity contribution in [1.29, 1.82) is 0 Å². The van der Waals surface area contributed by atoms with Crippen molar-refractivity contribution in [3.8, 4) is 0 Å². The van der Waals surface area contributed by atoms with E-state index in [1.807, 2.05) is 6.92 Å². The second kappa shape index (κ2) is 6.13. The van der Waals surface area contributed by atoms with Gasteiger partial charge in [0.2, 0.25) is 10.0 Å². The Hall–Kier alpha value is -0.430. The van der Waals surface area contributed by atoms with Gasteiger partial charge in [0, 0.05) is 30.4 Å². The molecule has 0 spiro atoms. The fraction of sp³-hybridized carbons (Fsp3) is 0.571. The summed E-state index contributed by atoms with van der Waals surface area (Å²) >= 11 is 3.41. The number of rotatable bonds is 3. The molecule has 0 amide bonds. The monoisotopic (exact) mass is 361 g/mol. The minimum Gasteiger partial charge on any atom is -0.337 e. The van der Waals surface area contributed by atoms with Gasteiger partial charge in [-0.1, -0.05) is 15.9 Å². The van der Waals surface area contributed by atoms with Crippen molar-refractivity contribution in [2.45, 2.75) is 30.7 Å². The number of likely N-dealkylation sites (tertiary alicyclic amines) is 1. The maximum Gasteiger partial charge on any atom is 0.243 e. The van der Waals surface area contributed by atoms with Crippen LogP contribution in [0.25, 0.3) is 0 Å². The van der Waals surface area contributed by atoms with Gasteiger partial charge >= 0.3 is 0 Å². The number of hydrogen-bond acceptors (Lipinski definition) is 2. The zero-order valence-corrected chi connectivity index (χ0v) is 14.6. The summed E-state index contributed by atoms with van der Waals surface area (Å²) in [4.78, 5) is 1.86. The van der Waals surface area contributed by atoms with Gasteiger partial charge in [-0.15, -0.1) is 0 Å². The summed E-state index contributed by atoms with van der Waals surface area (Å²) in [7, 11) is 0.470. The van der Waals surface area contributed by atoms with Gasteiger partial charge in [-0.05, 0) is 30.7 Å². The summed E-state index contributed by atoms with van der Waals surface area (Å²) in [6.07, 6.45) is 1.86. The minimum absolute atomic E-state index is 0.118. The standard InChI is InChI=1S/C14H21BrN2O2S/c1-11-10-13(4-5-14(11)15)20(18,19)17(3)12-6-8-16(2)9-7-12/h4-5,10,12H,6-9H2,1-3H3/p+1. The van der Waals surface area contributed by atoms with Gasteiger partial charge < -0.3 is 4.90 Å². The Morgan fingerprint density at radius 1 is 1.30 bits per heavy atom. The lowest BCUT2D eigenvalue weighted by Crippen LogP contribution is -3.10. The van der Waals surface area contributed by atoms with E-state index in [0.29, 0.717) is 4.90 Å². The van der Waals surface area contributed by atoms with Crippen molar-refractivity contribution in [2.75, 3.05) is 27.2 Å². The third-order valence-corrected chi connectivity index (χ3v) is 6.93. The van der Waals surface area contributed by atoms with Crippen LogP contribution in [0.3, 0.4) is 0 Å². The Balaban J connectivity index is 2.23. The van der Waals surface area contributed by atoms with Crippen molar-refractivity contribution in [1.82, 2.24) is 4.31 Å². The molecule has 0 saturated carbocycles. The molecule has 0 aliphatic carbocycles. The van der Waals surface area contributed by atoms with E-state index in [9.17, 15) is 8.42 Å². The molecule has 1 aliphatic heterocycles. The molecule has 1 fully saturated rings. The van der Waals surface area contributed by atoms with Gasteiger partial charge in [-0.2, -0.15) is 4.31 Å². The Labute approximate surface area is 129 Å². The average Bonchev–Trinajstić information content (AvgIpc) is 2.41. The summed E-state index contributed by atoms with van der Waals surface area (Å²) in [5, 5.41) is 0. The van der Waals surface area contributed by atoms with Gasteiger partial charge in [0.1, 0.15) is 0 Å². The molecule has 1 N–H and O–H groups in total. The molecular formula is C14H22BrN2O2S+. The lowest BCUT2D eigenvalue weighted by Gasteiger charge is -2.32. The zero-order valence-electron chi connectivity index (χ0n) is 12.2. The average molecular weight is 362 g/mol. The molecule has 6 heteroatoms. The zero-order chi connectivity index (χ0) is 14.9. The van der Waals surface area contributed by atoms with Crippen molar-refractivity contribution in [3.63, 3.8) is 0 Å². The molecule has 0 bridgehead atoms. The number of halogens is 1. The van der Waals surface area contributed by atoms with Crippen LogP contribution in [0.2, 0.25) is 0 Å². The van der Waals surface area contributed by atoms with Crippen LogP contribution < -0.4 is 4.90 Å². The number of hydrogen-bond donors (Lipinski definition) is 1. The molecule has 0 atom stereocenters. The molecule has 1 aliphatic rings. The van der Waals surface area contributed by atoms with Crippen molar-refractivity contribution < 1.29 is 13.3 Å². The molecular weight excluding hydrogens is 340 g/mol. The van der Waals surface area contributed by atoms with E-state index in [0.717, 1.165) is 36.0 Å². The van der Waals surface area contributed by atoms with Crippen LogP contribution in [0.15, 0.2) is 27.6 Å². The smallest absolute Gasteiger partial charge is 0.243 e. The highest BCUT2D eigenvalue weighted by Gasteiger charge is 2.31. The summed E-state index contributed by atoms with van der Waals surface area (Å²) in [6, 6.07) is 5.32. The molecule has 4 nitrogen and oxygen atoms in total. The number of quaternary nitrogens is 1. The van der Waals surface area contributed by atoms with Crippen molar-refractivity contribution in [2.24, 2.45) is 0 Å². The van der Waals surface area contributed by atoms with Gasteiger partial charge in [0.15, 0.2) is 0 Å². The quantitative estimate of drug-likeness (QED) is 0.874. The normalized spacial score (nSPS) is 24.1. The summed E-state index contributed by atoms with van der Waals surface area (Å²) in [6.45, 7) is 3.97. The Morgan fingerprint density at radius 2 is 1.90 bits per heavy atom. The number of aryl methyl sites for hydroxylation is 1. The van der Waals surface area contributed by atoms with Crippen molar-refractivity contribution >= 4 is 26.0 Å². The third kappa shape index (κ3) is 3.24. The Bertz CT molecular complexity index is 581. The lowest BCUT2D eigenvalue weighted by atomic mass is 10.1. The Kier molecular flexibility index (Phi) is 4.89. The second-order valence-electron chi connectivity index (χ2n) is 5.62. The first-order valence-electron chi connectivity index (χ1n) is 6.88. The maximum absolute atomic E-state index is 12.7. The van der Waals surface area contributed by atoms with E-state index in [2.05, 4.69) is 23.0 Å². The van der Waals surface area contributed by atoms with Crippen LogP contribution in [0.5, 0.6) is 0 Å². The molecule has 20 heavy (non-hydrogen) atoms. The maximum atomic E-state index is 12.7. The summed E-state index contributed by atoms with van der Waals surface area (Å²) in [5.74, 6) is 0. The highest BCUT2D eigenvalue weighted by Crippen LogP contribution is 2.24. The Morgan fingerprint density at radius 3 is 2.45 bits per heavy atom. The number of nitrogens with one attached hydrogen (secondary N) is 1. The first-order valence-corrected chi connectivity index (χ1v) is 9.11. The predicted octanol–water partition coefficient (Wildman–Crippen LogP) is 1.06. The molecule has 0 aromatic heterocycles. The molecule has 1 aromatic carbocycles. The van der Waals surface area contributed by atoms with Crippen LogP contribution >= 0.6 is 15.9 Å². The molecule has 1 heterocycles. The van der Waals surface area contributed by atoms with Crippen LogP contribution in [-0.4, -0.2) is 45.9 Å². The third-order valence-electron chi connectivity index (χ3n) is 4.13. The van der Waals surface area contributed by atoms with Gasteiger partial charge in [0.05, 0.1) is 25.0 Å². The first kappa shape index (κ1) is 15.9. The highest BCUT2D eigenvalue weighted by molar-refractivity contribution is 9.10. The molecule has 0 unspecified atom stereocenters.